The van der Waals surface area contributed by atoms with E-state index in [1.807, 2.05) is 0 Å². The van der Waals surface area contributed by atoms with Crippen molar-refractivity contribution in [3.8, 4) is 0 Å². The van der Waals surface area contributed by atoms with E-state index in [0.29, 0.717) is 13.1 Å². The number of hydrogen-bond donors (Lipinski definition) is 5. The molecule has 0 radical (unpaired) electrons. The molecule has 0 bridgehead atoms. The minimum atomic E-state index is -1.45. The van der Waals surface area contributed by atoms with Crippen LogP contribution >= 0.6 is 0 Å². The van der Waals surface area contributed by atoms with Crippen LogP contribution in [0.2, 0.25) is 0 Å². The maximum atomic E-state index is 10.6. The highest BCUT2D eigenvalue weighted by Gasteiger charge is 2.08. The molecule has 0 aliphatic rings. The number of amides is 1. The lowest BCUT2D eigenvalue weighted by Crippen LogP contribution is -2.38. The molecule has 100 valence electrons. The molecule has 0 aromatic rings. The molecular formula is C10H22N4O3. The molecule has 0 rings (SSSR count). The van der Waals surface area contributed by atoms with Crippen LogP contribution in [-0.4, -0.2) is 62.8 Å². The van der Waals surface area contributed by atoms with Crippen molar-refractivity contribution in [2.75, 3.05) is 45.8 Å². The van der Waals surface area contributed by atoms with Crippen molar-refractivity contribution < 1.29 is 14.7 Å². The minimum absolute atomic E-state index is 0.322. The average molecular weight is 246 g/mol. The number of aliphatic carboxylic acids is 1. The summed E-state index contributed by atoms with van der Waals surface area (Å²) in [5, 5.41) is 20.1. The van der Waals surface area contributed by atoms with Gasteiger partial charge in [0, 0.05) is 39.3 Å². The summed E-state index contributed by atoms with van der Waals surface area (Å²) in [5.41, 5.74) is 0. The fourth-order valence-corrected chi connectivity index (χ4v) is 1.12. The molecule has 0 saturated heterocycles. The van der Waals surface area contributed by atoms with Crippen LogP contribution in [-0.2, 0) is 9.59 Å². The maximum absolute atomic E-state index is 10.6. The number of rotatable bonds is 10. The van der Waals surface area contributed by atoms with E-state index in [9.17, 15) is 9.59 Å². The SMILES string of the molecule is CCNCCNCCNCCNC(=O)C(=O)O. The summed E-state index contributed by atoms with van der Waals surface area (Å²) in [6.45, 7) is 7.43. The first-order valence-corrected chi connectivity index (χ1v) is 5.81. The Hall–Kier alpha value is -1.18. The lowest BCUT2D eigenvalue weighted by Gasteiger charge is -2.07. The molecule has 0 fully saturated rings. The third kappa shape index (κ3) is 11.1. The van der Waals surface area contributed by atoms with E-state index in [1.54, 1.807) is 0 Å². The van der Waals surface area contributed by atoms with Crippen LogP contribution in [0.1, 0.15) is 6.92 Å². The normalized spacial score (nSPS) is 10.2. The zero-order chi connectivity index (χ0) is 12.9. The number of carbonyl (C=O) groups is 2. The monoisotopic (exact) mass is 246 g/mol. The van der Waals surface area contributed by atoms with Crippen molar-refractivity contribution in [1.29, 1.82) is 0 Å². The minimum Gasteiger partial charge on any atom is -0.474 e. The lowest BCUT2D eigenvalue weighted by molar-refractivity contribution is -0.150. The van der Waals surface area contributed by atoms with Crippen molar-refractivity contribution in [3.05, 3.63) is 0 Å². The van der Waals surface area contributed by atoms with Gasteiger partial charge in [-0.15, -0.1) is 0 Å². The van der Waals surface area contributed by atoms with E-state index in [0.717, 1.165) is 32.7 Å². The van der Waals surface area contributed by atoms with Crippen molar-refractivity contribution in [2.24, 2.45) is 0 Å². The number of carboxylic acids is 1. The summed E-state index contributed by atoms with van der Waals surface area (Å²) in [6, 6.07) is 0. The average Bonchev–Trinajstić information content (AvgIpc) is 2.31. The van der Waals surface area contributed by atoms with Gasteiger partial charge < -0.3 is 26.4 Å². The fraction of sp³-hybridized carbons (Fsp3) is 0.800. The molecule has 0 atom stereocenters. The Balaban J connectivity index is 3.08. The zero-order valence-corrected chi connectivity index (χ0v) is 10.2. The first-order valence-electron chi connectivity index (χ1n) is 5.81. The fourth-order valence-electron chi connectivity index (χ4n) is 1.12. The Kier molecular flexibility index (Phi) is 10.5. The highest BCUT2D eigenvalue weighted by molar-refractivity contribution is 6.31. The van der Waals surface area contributed by atoms with Crippen molar-refractivity contribution in [2.45, 2.75) is 6.92 Å². The summed E-state index contributed by atoms with van der Waals surface area (Å²) in [7, 11) is 0. The van der Waals surface area contributed by atoms with Crippen molar-refractivity contribution >= 4 is 11.9 Å². The zero-order valence-electron chi connectivity index (χ0n) is 10.2. The van der Waals surface area contributed by atoms with Gasteiger partial charge in [-0.2, -0.15) is 0 Å². The highest BCUT2D eigenvalue weighted by atomic mass is 16.4. The molecule has 0 unspecified atom stereocenters. The van der Waals surface area contributed by atoms with E-state index in [2.05, 4.69) is 28.2 Å². The van der Waals surface area contributed by atoms with Crippen LogP contribution < -0.4 is 21.3 Å². The van der Waals surface area contributed by atoms with Crippen molar-refractivity contribution in [1.82, 2.24) is 21.3 Å². The van der Waals surface area contributed by atoms with Crippen molar-refractivity contribution in [3.63, 3.8) is 0 Å². The molecule has 7 nitrogen and oxygen atoms in total. The molecule has 0 aromatic heterocycles. The molecule has 1 amide bonds. The van der Waals surface area contributed by atoms with E-state index in [4.69, 9.17) is 5.11 Å². The predicted octanol–water partition coefficient (Wildman–Crippen LogP) is -2.02. The van der Waals surface area contributed by atoms with Gasteiger partial charge >= 0.3 is 11.9 Å². The molecule has 7 heteroatoms. The largest absolute Gasteiger partial charge is 0.474 e. The number of hydrogen-bond acceptors (Lipinski definition) is 5. The van der Waals surface area contributed by atoms with Gasteiger partial charge in [0.05, 0.1) is 0 Å². The van der Waals surface area contributed by atoms with Crippen LogP contribution in [0.3, 0.4) is 0 Å². The third-order valence-corrected chi connectivity index (χ3v) is 1.99. The van der Waals surface area contributed by atoms with Gasteiger partial charge in [-0.25, -0.2) is 4.79 Å². The smallest absolute Gasteiger partial charge is 0.394 e. The first-order chi connectivity index (χ1) is 8.18. The lowest BCUT2D eigenvalue weighted by atomic mass is 10.5. The Morgan fingerprint density at radius 2 is 1.35 bits per heavy atom. The van der Waals surface area contributed by atoms with Gasteiger partial charge in [0.1, 0.15) is 0 Å². The van der Waals surface area contributed by atoms with E-state index < -0.39 is 11.9 Å². The predicted molar refractivity (Wildman–Crippen MR) is 64.9 cm³/mol. The topological polar surface area (TPSA) is 102 Å². The van der Waals surface area contributed by atoms with Crippen LogP contribution in [0.25, 0.3) is 0 Å². The molecule has 0 heterocycles. The maximum Gasteiger partial charge on any atom is 0.394 e. The van der Waals surface area contributed by atoms with Crippen LogP contribution in [0, 0.1) is 0 Å². The number of carboxylic acid groups (broad SMARTS) is 1. The standard InChI is InChI=1S/C10H22N4O3/c1-2-11-3-4-12-5-6-13-7-8-14-9(15)10(16)17/h11-13H,2-8H2,1H3,(H,14,15)(H,16,17). The van der Waals surface area contributed by atoms with Gasteiger partial charge in [0.25, 0.3) is 0 Å². The second-order valence-electron chi connectivity index (χ2n) is 3.41. The summed E-state index contributed by atoms with van der Waals surface area (Å²) in [5.74, 6) is -2.41. The Labute approximate surface area is 101 Å². The van der Waals surface area contributed by atoms with Crippen LogP contribution in [0.15, 0.2) is 0 Å². The van der Waals surface area contributed by atoms with E-state index in [1.165, 1.54) is 0 Å². The van der Waals surface area contributed by atoms with Gasteiger partial charge in [-0.05, 0) is 6.54 Å². The molecule has 0 spiro atoms. The van der Waals surface area contributed by atoms with Gasteiger partial charge in [-0.1, -0.05) is 6.92 Å². The van der Waals surface area contributed by atoms with Gasteiger partial charge in [0.2, 0.25) is 0 Å². The van der Waals surface area contributed by atoms with Crippen LogP contribution in [0.4, 0.5) is 0 Å². The van der Waals surface area contributed by atoms with E-state index in [-0.39, 0.29) is 0 Å². The summed E-state index contributed by atoms with van der Waals surface area (Å²) in [6.07, 6.45) is 0. The molecule has 0 aliphatic heterocycles. The third-order valence-electron chi connectivity index (χ3n) is 1.99. The highest BCUT2D eigenvalue weighted by Crippen LogP contribution is 1.66. The second-order valence-corrected chi connectivity index (χ2v) is 3.41. The Morgan fingerprint density at radius 3 is 1.82 bits per heavy atom. The van der Waals surface area contributed by atoms with Gasteiger partial charge in [0.15, 0.2) is 0 Å². The van der Waals surface area contributed by atoms with Crippen LogP contribution in [0.5, 0.6) is 0 Å². The molecule has 0 aromatic carbocycles. The molecule has 5 N–H and O–H groups in total. The summed E-state index contributed by atoms with van der Waals surface area (Å²) >= 11 is 0. The number of likely N-dealkylation sites (N-methyl/N-ethyl adjacent to an activating group) is 1. The molecule has 17 heavy (non-hydrogen) atoms. The first kappa shape index (κ1) is 15.8. The number of carbonyl (C=O) groups excluding carboxylic acids is 1. The quantitative estimate of drug-likeness (QED) is 0.225. The summed E-state index contributed by atoms with van der Waals surface area (Å²) in [4.78, 5) is 20.8. The Bertz CT molecular complexity index is 224. The Morgan fingerprint density at radius 1 is 0.882 bits per heavy atom. The van der Waals surface area contributed by atoms with Gasteiger partial charge in [-0.3, -0.25) is 4.79 Å². The molecule has 0 saturated carbocycles. The number of nitrogens with one attached hydrogen (secondary N) is 4. The molecule has 0 aliphatic carbocycles. The van der Waals surface area contributed by atoms with E-state index >= 15 is 0 Å². The summed E-state index contributed by atoms with van der Waals surface area (Å²) < 4.78 is 0. The molecular weight excluding hydrogens is 224 g/mol. The second kappa shape index (κ2) is 11.3.